The zero-order chi connectivity index (χ0) is 26.5. The van der Waals surface area contributed by atoms with Gasteiger partial charge in [0.15, 0.2) is 15.3 Å². The zero-order valence-corrected chi connectivity index (χ0v) is 24.8. The minimum atomic E-state index is -4.80. The van der Waals surface area contributed by atoms with Crippen LogP contribution in [-0.4, -0.2) is 58.0 Å². The average molecular weight is 541 g/mol. The van der Waals surface area contributed by atoms with Gasteiger partial charge in [0.05, 0.1) is 27.2 Å². The minimum absolute atomic E-state index is 0.0899. The van der Waals surface area contributed by atoms with Crippen molar-refractivity contribution in [1.29, 1.82) is 0 Å². The van der Waals surface area contributed by atoms with E-state index in [1.54, 1.807) is 0 Å². The molecule has 0 aromatic heterocycles. The quantitative estimate of drug-likeness (QED) is 0.0469. The molecule has 3 N–H and O–H groups in total. The van der Waals surface area contributed by atoms with Crippen molar-refractivity contribution in [3.8, 4) is 0 Å². The van der Waals surface area contributed by atoms with Gasteiger partial charge < -0.3 is 23.7 Å². The molecule has 0 aliphatic rings. The Morgan fingerprint density at radius 3 is 1.46 bits per heavy atom. The fourth-order valence-electron chi connectivity index (χ4n) is 4.60. The van der Waals surface area contributed by atoms with Gasteiger partial charge >= 0.3 is 7.60 Å². The zero-order valence-electron chi connectivity index (χ0n) is 22.9. The van der Waals surface area contributed by atoms with Crippen LogP contribution in [0.4, 0.5) is 0 Å². The fourth-order valence-corrected chi connectivity index (χ4v) is 6.10. The molecule has 0 aromatic carbocycles. The molecule has 2 atom stereocenters. The molecule has 0 spiro atoms. The first-order chi connectivity index (χ1) is 16.6. The number of carbonyl (C=O) groups is 1. The molecule has 35 heavy (non-hydrogen) atoms. The standard InChI is InChI=1S/C26H55NO6P2/c1-4-5-6-7-8-9-10-11-12-13-14-15-16-17-18-20-23-27(2,3)24-21-19-22-26(25-28,33-34-29)35(30,31)32/h25,29,34H,4-24H2,1-3H3,(H-,30,31,32)/p+1. The largest absolute Gasteiger partial charge is 0.364 e. The lowest BCUT2D eigenvalue weighted by molar-refractivity contribution is -0.890. The maximum Gasteiger partial charge on any atom is 0.364 e. The smallest absolute Gasteiger partial charge is 0.352 e. The molecule has 0 amide bonds. The van der Waals surface area contributed by atoms with Crippen LogP contribution in [0.1, 0.15) is 129 Å². The number of quaternary nitrogens is 1. The van der Waals surface area contributed by atoms with E-state index in [-0.39, 0.29) is 12.7 Å². The topological polar surface area (TPSA) is 104 Å². The predicted molar refractivity (Wildman–Crippen MR) is 148 cm³/mol. The van der Waals surface area contributed by atoms with E-state index in [1.807, 2.05) is 0 Å². The second kappa shape index (κ2) is 21.1. The van der Waals surface area contributed by atoms with Crippen molar-refractivity contribution in [2.24, 2.45) is 0 Å². The van der Waals surface area contributed by atoms with E-state index < -0.39 is 22.0 Å². The van der Waals surface area contributed by atoms with Crippen LogP contribution in [0.3, 0.4) is 0 Å². The SMILES string of the molecule is CCCCCCCCCCCCCCCCCC[N+](C)(C)CCCCC(C=O)(OPO)P(=O)(O)O. The molecule has 0 aromatic rings. The van der Waals surface area contributed by atoms with Crippen LogP contribution in [0, 0.1) is 0 Å². The number of unbranched alkanes of at least 4 members (excludes halogenated alkanes) is 16. The van der Waals surface area contributed by atoms with Gasteiger partial charge in [-0.3, -0.25) is 9.36 Å². The number of rotatable bonds is 26. The maximum absolute atomic E-state index is 11.7. The van der Waals surface area contributed by atoms with Crippen molar-refractivity contribution in [2.75, 3.05) is 27.2 Å². The molecule has 210 valence electrons. The van der Waals surface area contributed by atoms with Crippen LogP contribution in [0.2, 0.25) is 0 Å². The predicted octanol–water partition coefficient (Wildman–Crippen LogP) is 7.08. The van der Waals surface area contributed by atoms with Crippen LogP contribution in [0.25, 0.3) is 0 Å². The van der Waals surface area contributed by atoms with E-state index in [9.17, 15) is 19.1 Å². The lowest BCUT2D eigenvalue weighted by Gasteiger charge is -2.31. The summed E-state index contributed by atoms with van der Waals surface area (Å²) in [6, 6.07) is 0. The minimum Gasteiger partial charge on any atom is -0.352 e. The Bertz CT molecular complexity index is 558. The number of aldehydes is 1. The highest BCUT2D eigenvalue weighted by Crippen LogP contribution is 2.54. The van der Waals surface area contributed by atoms with Crippen molar-refractivity contribution in [3.63, 3.8) is 0 Å². The van der Waals surface area contributed by atoms with Gasteiger partial charge in [-0.1, -0.05) is 96.8 Å². The molecular weight excluding hydrogens is 484 g/mol. The Morgan fingerprint density at radius 1 is 0.743 bits per heavy atom. The Kier molecular flexibility index (Phi) is 21.2. The van der Waals surface area contributed by atoms with Gasteiger partial charge in [-0.25, -0.2) is 0 Å². The first-order valence-corrected chi connectivity index (χ1v) is 16.5. The molecule has 0 radical (unpaired) electrons. The van der Waals surface area contributed by atoms with Gasteiger partial charge in [-0.15, -0.1) is 0 Å². The van der Waals surface area contributed by atoms with E-state index in [1.165, 1.54) is 103 Å². The van der Waals surface area contributed by atoms with E-state index in [0.717, 1.165) is 24.0 Å². The Hall–Kier alpha value is 0.130. The van der Waals surface area contributed by atoms with Gasteiger partial charge in [0.1, 0.15) is 0 Å². The second-order valence-electron chi connectivity index (χ2n) is 10.8. The molecule has 0 aliphatic carbocycles. The molecular formula is C26H56NO6P2+. The van der Waals surface area contributed by atoms with E-state index in [0.29, 0.717) is 6.42 Å². The fraction of sp³-hybridized carbons (Fsp3) is 0.962. The lowest BCUT2D eigenvalue weighted by Crippen LogP contribution is -2.41. The van der Waals surface area contributed by atoms with Crippen LogP contribution >= 0.6 is 16.6 Å². The summed E-state index contributed by atoms with van der Waals surface area (Å²) in [6.45, 7) is 4.22. The number of carbonyl (C=O) groups excluding carboxylic acids is 1. The van der Waals surface area contributed by atoms with Crippen molar-refractivity contribution >= 4 is 22.9 Å². The lowest BCUT2D eigenvalue weighted by atomic mass is 10.0. The molecule has 0 rings (SSSR count). The third kappa shape index (κ3) is 18.1. The highest BCUT2D eigenvalue weighted by atomic mass is 31.2. The maximum atomic E-state index is 11.7. The van der Waals surface area contributed by atoms with Gasteiger partial charge in [-0.05, 0) is 32.1 Å². The Labute approximate surface area is 217 Å². The summed E-state index contributed by atoms with van der Waals surface area (Å²) >= 11 is 0. The normalized spacial score (nSPS) is 14.6. The molecule has 2 unspecified atom stereocenters. The summed E-state index contributed by atoms with van der Waals surface area (Å²) in [5, 5.41) is -2.22. The van der Waals surface area contributed by atoms with Crippen molar-refractivity contribution in [1.82, 2.24) is 0 Å². The van der Waals surface area contributed by atoms with Crippen molar-refractivity contribution in [3.05, 3.63) is 0 Å². The van der Waals surface area contributed by atoms with Crippen LogP contribution in [0.5, 0.6) is 0 Å². The molecule has 0 fully saturated rings. The Morgan fingerprint density at radius 2 is 1.11 bits per heavy atom. The first-order valence-electron chi connectivity index (χ1n) is 14.0. The van der Waals surface area contributed by atoms with Gasteiger partial charge in [0, 0.05) is 0 Å². The first kappa shape index (κ1) is 35.1. The summed E-state index contributed by atoms with van der Waals surface area (Å²) in [4.78, 5) is 39.2. The summed E-state index contributed by atoms with van der Waals surface area (Å²) in [6.07, 6.45) is 23.0. The third-order valence-electron chi connectivity index (χ3n) is 7.07. The van der Waals surface area contributed by atoms with Crippen LogP contribution in [0.15, 0.2) is 0 Å². The molecule has 0 heterocycles. The highest BCUT2D eigenvalue weighted by Gasteiger charge is 2.48. The van der Waals surface area contributed by atoms with Gasteiger partial charge in [0.25, 0.3) is 0 Å². The summed E-state index contributed by atoms with van der Waals surface area (Å²) in [5.74, 6) is 0. The van der Waals surface area contributed by atoms with Crippen molar-refractivity contribution in [2.45, 2.75) is 134 Å². The molecule has 9 heteroatoms. The summed E-state index contributed by atoms with van der Waals surface area (Å²) in [7, 11) is -1.59. The second-order valence-corrected chi connectivity index (χ2v) is 13.1. The molecule has 0 saturated carbocycles. The van der Waals surface area contributed by atoms with E-state index in [2.05, 4.69) is 21.0 Å². The van der Waals surface area contributed by atoms with Crippen molar-refractivity contribution < 1.29 is 33.0 Å². The van der Waals surface area contributed by atoms with E-state index >= 15 is 0 Å². The molecule has 0 saturated heterocycles. The van der Waals surface area contributed by atoms with Crippen LogP contribution < -0.4 is 0 Å². The summed E-state index contributed by atoms with van der Waals surface area (Å²) < 4.78 is 17.3. The van der Waals surface area contributed by atoms with Gasteiger partial charge in [-0.2, -0.15) is 0 Å². The third-order valence-corrected chi connectivity index (χ3v) is 9.10. The molecule has 0 bridgehead atoms. The number of hydrogen-bond donors (Lipinski definition) is 3. The van der Waals surface area contributed by atoms with E-state index in [4.69, 9.17) is 9.42 Å². The Balaban J connectivity index is 3.71. The summed E-state index contributed by atoms with van der Waals surface area (Å²) in [5.41, 5.74) is 0. The molecule has 0 aliphatic heterocycles. The number of hydrogen-bond acceptors (Lipinski definition) is 4. The number of nitrogens with zero attached hydrogens (tertiary/aromatic N) is 1. The molecule has 7 nitrogen and oxygen atoms in total. The van der Waals surface area contributed by atoms with Crippen LogP contribution in [-0.2, 0) is 13.9 Å². The average Bonchev–Trinajstić information content (AvgIpc) is 2.80. The highest BCUT2D eigenvalue weighted by molar-refractivity contribution is 7.54. The van der Waals surface area contributed by atoms with Gasteiger partial charge in [0.2, 0.25) is 5.34 Å². The monoisotopic (exact) mass is 540 g/mol.